The molecular weight excluding hydrogens is 358 g/mol. The summed E-state index contributed by atoms with van der Waals surface area (Å²) in [5.41, 5.74) is 8.07. The third kappa shape index (κ3) is 3.16. The molecule has 3 heterocycles. The van der Waals surface area contributed by atoms with Crippen LogP contribution in [0.15, 0.2) is 30.3 Å². The van der Waals surface area contributed by atoms with Crippen molar-refractivity contribution >= 4 is 11.7 Å². The van der Waals surface area contributed by atoms with Crippen LogP contribution >= 0.6 is 0 Å². The molecule has 0 saturated carbocycles. The number of aromatic nitrogens is 1. The quantitative estimate of drug-likeness (QED) is 0.876. The molecule has 7 nitrogen and oxygen atoms in total. The zero-order valence-corrected chi connectivity index (χ0v) is 16.2. The summed E-state index contributed by atoms with van der Waals surface area (Å²) < 4.78 is 17.2. The number of nitrogens with two attached hydrogens (primary N) is 1. The predicted octanol–water partition coefficient (Wildman–Crippen LogP) is 2.39. The molecule has 4 rings (SSSR count). The zero-order chi connectivity index (χ0) is 19.7. The first-order valence-electron chi connectivity index (χ1n) is 9.47. The molecule has 1 spiro atoms. The maximum absolute atomic E-state index is 12.8. The van der Waals surface area contributed by atoms with E-state index in [9.17, 15) is 4.79 Å². The van der Waals surface area contributed by atoms with Gasteiger partial charge in [0.15, 0.2) is 11.5 Å². The summed E-state index contributed by atoms with van der Waals surface area (Å²) in [6, 6.07) is 9.21. The van der Waals surface area contributed by atoms with Crippen LogP contribution in [-0.2, 0) is 16.8 Å². The second-order valence-corrected chi connectivity index (χ2v) is 7.20. The minimum atomic E-state index is -0.396. The van der Waals surface area contributed by atoms with E-state index in [1.165, 1.54) is 5.56 Å². The van der Waals surface area contributed by atoms with Gasteiger partial charge in [-0.25, -0.2) is 4.98 Å². The third-order valence-corrected chi connectivity index (χ3v) is 5.70. The molecule has 28 heavy (non-hydrogen) atoms. The van der Waals surface area contributed by atoms with Crippen molar-refractivity contribution in [1.82, 2.24) is 9.88 Å². The van der Waals surface area contributed by atoms with Crippen LogP contribution in [0.5, 0.6) is 11.5 Å². The Hall–Kier alpha value is -2.80. The van der Waals surface area contributed by atoms with Crippen LogP contribution in [0.1, 0.15) is 34.5 Å². The molecule has 0 unspecified atom stereocenters. The van der Waals surface area contributed by atoms with Gasteiger partial charge >= 0.3 is 0 Å². The highest BCUT2D eigenvalue weighted by Crippen LogP contribution is 2.45. The SMILES string of the molecule is COc1cc2c(cc1OC)C1(CCN(C(=O)c3cccc(N)n3)CC1)OCC2. The lowest BCUT2D eigenvalue weighted by atomic mass is 9.79. The number of methoxy groups -OCH3 is 2. The molecule has 2 aromatic rings. The van der Waals surface area contributed by atoms with E-state index in [0.29, 0.717) is 37.0 Å². The summed E-state index contributed by atoms with van der Waals surface area (Å²) in [4.78, 5) is 18.8. The second kappa shape index (κ2) is 7.31. The summed E-state index contributed by atoms with van der Waals surface area (Å²) in [7, 11) is 3.29. The van der Waals surface area contributed by atoms with Gasteiger partial charge in [0.2, 0.25) is 0 Å². The number of hydrogen-bond acceptors (Lipinski definition) is 6. The number of nitrogens with zero attached hydrogens (tertiary/aromatic N) is 2. The van der Waals surface area contributed by atoms with Crippen LogP contribution in [0.4, 0.5) is 5.82 Å². The number of amides is 1. The number of benzene rings is 1. The number of rotatable bonds is 3. The van der Waals surface area contributed by atoms with Crippen LogP contribution < -0.4 is 15.2 Å². The number of ether oxygens (including phenoxy) is 3. The first-order valence-corrected chi connectivity index (χ1v) is 9.47. The Morgan fingerprint density at radius 1 is 1.18 bits per heavy atom. The lowest BCUT2D eigenvalue weighted by molar-refractivity contribution is -0.0936. The van der Waals surface area contributed by atoms with Gasteiger partial charge in [0.05, 0.1) is 26.4 Å². The highest BCUT2D eigenvalue weighted by atomic mass is 16.5. The third-order valence-electron chi connectivity index (χ3n) is 5.70. The van der Waals surface area contributed by atoms with Crippen molar-refractivity contribution in [2.75, 3.05) is 39.6 Å². The molecule has 0 radical (unpaired) electrons. The Kier molecular flexibility index (Phi) is 4.85. The van der Waals surface area contributed by atoms with E-state index >= 15 is 0 Å². The fourth-order valence-electron chi connectivity index (χ4n) is 4.20. The molecule has 1 aromatic heterocycles. The number of hydrogen-bond donors (Lipinski definition) is 1. The number of fused-ring (bicyclic) bond motifs is 2. The summed E-state index contributed by atoms with van der Waals surface area (Å²) in [5.74, 6) is 1.70. The summed E-state index contributed by atoms with van der Waals surface area (Å²) in [6.45, 7) is 1.86. The van der Waals surface area contributed by atoms with Crippen molar-refractivity contribution in [1.29, 1.82) is 0 Å². The van der Waals surface area contributed by atoms with Crippen LogP contribution in [0.25, 0.3) is 0 Å². The van der Waals surface area contributed by atoms with Gasteiger partial charge in [0, 0.05) is 13.1 Å². The van der Waals surface area contributed by atoms with Gasteiger partial charge in [-0.3, -0.25) is 4.79 Å². The van der Waals surface area contributed by atoms with Crippen LogP contribution in [0.3, 0.4) is 0 Å². The molecular formula is C21H25N3O4. The van der Waals surface area contributed by atoms with E-state index in [1.54, 1.807) is 32.4 Å². The Bertz CT molecular complexity index is 891. The highest BCUT2D eigenvalue weighted by Gasteiger charge is 2.42. The van der Waals surface area contributed by atoms with Crippen molar-refractivity contribution < 1.29 is 19.0 Å². The molecule has 0 atom stereocenters. The molecule has 7 heteroatoms. The van der Waals surface area contributed by atoms with E-state index in [4.69, 9.17) is 19.9 Å². The largest absolute Gasteiger partial charge is 0.493 e. The molecule has 1 fully saturated rings. The smallest absolute Gasteiger partial charge is 0.272 e. The molecule has 1 amide bonds. The molecule has 1 saturated heterocycles. The first kappa shape index (κ1) is 18.6. The number of likely N-dealkylation sites (tertiary alicyclic amines) is 1. The Balaban J connectivity index is 1.57. The lowest BCUT2D eigenvalue weighted by Gasteiger charge is -2.45. The number of pyridine rings is 1. The van der Waals surface area contributed by atoms with Crippen LogP contribution in [0.2, 0.25) is 0 Å². The van der Waals surface area contributed by atoms with E-state index in [1.807, 2.05) is 17.0 Å². The van der Waals surface area contributed by atoms with E-state index in [2.05, 4.69) is 4.98 Å². The minimum Gasteiger partial charge on any atom is -0.493 e. The fraction of sp³-hybridized carbons (Fsp3) is 0.429. The molecule has 148 valence electrons. The van der Waals surface area contributed by atoms with Crippen molar-refractivity contribution in [3.05, 3.63) is 47.2 Å². The molecule has 2 N–H and O–H groups in total. The summed E-state index contributed by atoms with van der Waals surface area (Å²) >= 11 is 0. The topological polar surface area (TPSA) is 86.9 Å². The van der Waals surface area contributed by atoms with Crippen molar-refractivity contribution in [2.24, 2.45) is 0 Å². The van der Waals surface area contributed by atoms with Gasteiger partial charge in [-0.15, -0.1) is 0 Å². The Morgan fingerprint density at radius 2 is 1.89 bits per heavy atom. The number of carbonyl (C=O) groups excluding carboxylic acids is 1. The normalized spacial score (nSPS) is 17.9. The van der Waals surface area contributed by atoms with Gasteiger partial charge in [0.1, 0.15) is 11.5 Å². The average molecular weight is 383 g/mol. The van der Waals surface area contributed by atoms with Crippen LogP contribution in [0, 0.1) is 0 Å². The summed E-state index contributed by atoms with van der Waals surface area (Å²) in [5, 5.41) is 0. The maximum atomic E-state index is 12.8. The monoisotopic (exact) mass is 383 g/mol. The fourth-order valence-corrected chi connectivity index (χ4v) is 4.20. The number of piperidine rings is 1. The van der Waals surface area contributed by atoms with E-state index < -0.39 is 5.60 Å². The molecule has 0 aliphatic carbocycles. The van der Waals surface area contributed by atoms with Crippen molar-refractivity contribution in [3.63, 3.8) is 0 Å². The van der Waals surface area contributed by atoms with Gasteiger partial charge in [-0.1, -0.05) is 6.07 Å². The first-order chi connectivity index (χ1) is 13.6. The van der Waals surface area contributed by atoms with Crippen molar-refractivity contribution in [2.45, 2.75) is 24.9 Å². The standard InChI is InChI=1S/C21H25N3O4/c1-26-17-12-14-6-11-28-21(15(14)13-18(17)27-2)7-9-24(10-8-21)20(25)16-4-3-5-19(22)23-16/h3-5,12-13H,6-11H2,1-2H3,(H2,22,23). The number of carbonyl (C=O) groups is 1. The molecule has 0 bridgehead atoms. The van der Waals surface area contributed by atoms with Gasteiger partial charge in [-0.2, -0.15) is 0 Å². The van der Waals surface area contributed by atoms with E-state index in [0.717, 1.165) is 30.6 Å². The lowest BCUT2D eigenvalue weighted by Crippen LogP contribution is -2.48. The molecule has 2 aliphatic heterocycles. The van der Waals surface area contributed by atoms with E-state index in [-0.39, 0.29) is 5.91 Å². The molecule has 1 aromatic carbocycles. The number of anilines is 1. The van der Waals surface area contributed by atoms with Gasteiger partial charge < -0.3 is 24.8 Å². The Morgan fingerprint density at radius 3 is 2.57 bits per heavy atom. The van der Waals surface area contributed by atoms with Crippen LogP contribution in [-0.4, -0.2) is 49.7 Å². The predicted molar refractivity (Wildman–Crippen MR) is 105 cm³/mol. The molecule has 2 aliphatic rings. The van der Waals surface area contributed by atoms with Gasteiger partial charge in [0.25, 0.3) is 5.91 Å². The van der Waals surface area contributed by atoms with Gasteiger partial charge in [-0.05, 0) is 54.7 Å². The summed E-state index contributed by atoms with van der Waals surface area (Å²) in [6.07, 6.45) is 2.29. The Labute approximate surface area is 164 Å². The second-order valence-electron chi connectivity index (χ2n) is 7.20. The number of nitrogen functional groups attached to an aromatic ring is 1. The minimum absolute atomic E-state index is 0.0921. The average Bonchev–Trinajstić information content (AvgIpc) is 2.73. The maximum Gasteiger partial charge on any atom is 0.272 e. The zero-order valence-electron chi connectivity index (χ0n) is 16.2. The highest BCUT2D eigenvalue weighted by molar-refractivity contribution is 5.92. The van der Waals surface area contributed by atoms with Crippen molar-refractivity contribution in [3.8, 4) is 11.5 Å².